The highest BCUT2D eigenvalue weighted by molar-refractivity contribution is 5.99. The Kier molecular flexibility index (Phi) is 4.17. The van der Waals surface area contributed by atoms with Crippen LogP contribution < -0.4 is 5.73 Å². The molecule has 1 aliphatic rings. The van der Waals surface area contributed by atoms with Crippen molar-refractivity contribution in [1.29, 1.82) is 0 Å². The van der Waals surface area contributed by atoms with Crippen molar-refractivity contribution in [2.75, 3.05) is 13.2 Å². The number of nitrogens with two attached hydrogens (primary N) is 1. The van der Waals surface area contributed by atoms with E-state index in [1.165, 1.54) is 0 Å². The Balaban J connectivity index is 1.63. The Hall–Kier alpha value is -3.53. The van der Waals surface area contributed by atoms with Crippen molar-refractivity contribution in [1.82, 2.24) is 34.1 Å². The molecule has 0 atom stereocenters. The number of amides is 1. The summed E-state index contributed by atoms with van der Waals surface area (Å²) in [6.07, 6.45) is 3.67. The fraction of sp³-hybridized carbons (Fsp3) is 0.350. The van der Waals surface area contributed by atoms with Gasteiger partial charge < -0.3 is 15.0 Å². The fourth-order valence-corrected chi connectivity index (χ4v) is 3.77. The van der Waals surface area contributed by atoms with E-state index in [2.05, 4.69) is 15.2 Å². The van der Waals surface area contributed by atoms with E-state index >= 15 is 0 Å². The molecule has 0 unspecified atom stereocenters. The van der Waals surface area contributed by atoms with E-state index in [0.29, 0.717) is 17.4 Å². The van der Waals surface area contributed by atoms with Crippen molar-refractivity contribution < 1.29 is 9.53 Å². The largest absolute Gasteiger partial charge is 0.381 e. The van der Waals surface area contributed by atoms with Gasteiger partial charge >= 0.3 is 0 Å². The van der Waals surface area contributed by atoms with Gasteiger partial charge in [0.15, 0.2) is 5.82 Å². The number of hydrogen-bond donors (Lipinski definition) is 1. The smallest absolute Gasteiger partial charge is 0.267 e. The van der Waals surface area contributed by atoms with Crippen molar-refractivity contribution in [2.45, 2.75) is 13.5 Å². The Morgan fingerprint density at radius 2 is 2.07 bits per heavy atom. The van der Waals surface area contributed by atoms with Gasteiger partial charge in [-0.2, -0.15) is 10.2 Å². The predicted octanol–water partition coefficient (Wildman–Crippen LogP) is 1.29. The minimum Gasteiger partial charge on any atom is -0.381 e. The number of carbonyl (C=O) groups is 1. The summed E-state index contributed by atoms with van der Waals surface area (Å²) >= 11 is 0. The number of fused-ring (bicyclic) bond motifs is 1. The average Bonchev–Trinajstić information content (AvgIpc) is 3.35. The number of aromatic nitrogens is 7. The summed E-state index contributed by atoms with van der Waals surface area (Å²) in [5.74, 6) is 0.504. The van der Waals surface area contributed by atoms with Gasteiger partial charge in [0.2, 0.25) is 0 Å². The second kappa shape index (κ2) is 6.77. The highest BCUT2D eigenvalue weighted by Gasteiger charge is 2.23. The van der Waals surface area contributed by atoms with Crippen LogP contribution in [-0.2, 0) is 25.4 Å². The van der Waals surface area contributed by atoms with Crippen LogP contribution in [0.5, 0.6) is 0 Å². The van der Waals surface area contributed by atoms with Gasteiger partial charge in [0.1, 0.15) is 17.1 Å². The molecule has 0 saturated carbocycles. The molecule has 0 bridgehead atoms. The normalized spacial score (nSPS) is 14.4. The molecule has 0 spiro atoms. The van der Waals surface area contributed by atoms with E-state index in [0.717, 1.165) is 47.7 Å². The van der Waals surface area contributed by atoms with Crippen LogP contribution in [0.4, 0.5) is 0 Å². The van der Waals surface area contributed by atoms with Crippen molar-refractivity contribution in [2.24, 2.45) is 25.7 Å². The molecule has 1 amide bonds. The molecule has 30 heavy (non-hydrogen) atoms. The summed E-state index contributed by atoms with van der Waals surface area (Å²) in [5.41, 5.74) is 9.68. The van der Waals surface area contributed by atoms with Crippen LogP contribution in [0.15, 0.2) is 24.5 Å². The zero-order chi connectivity index (χ0) is 21.0. The van der Waals surface area contributed by atoms with Gasteiger partial charge in [-0.25, -0.2) is 9.97 Å². The van der Waals surface area contributed by atoms with Gasteiger partial charge in [-0.3, -0.25) is 14.2 Å². The molecule has 4 aromatic heterocycles. The third kappa shape index (κ3) is 2.96. The second-order valence-corrected chi connectivity index (χ2v) is 7.74. The summed E-state index contributed by atoms with van der Waals surface area (Å²) in [6.45, 7) is 4.28. The van der Waals surface area contributed by atoms with Crippen molar-refractivity contribution in [3.05, 3.63) is 35.9 Å². The topological polar surface area (TPSA) is 119 Å². The van der Waals surface area contributed by atoms with Crippen LogP contribution >= 0.6 is 0 Å². The first-order chi connectivity index (χ1) is 14.4. The lowest BCUT2D eigenvalue weighted by Crippen LogP contribution is -2.32. The number of carbonyl (C=O) groups excluding carboxylic acids is 1. The maximum Gasteiger partial charge on any atom is 0.267 e. The van der Waals surface area contributed by atoms with Gasteiger partial charge in [0.25, 0.3) is 5.91 Å². The van der Waals surface area contributed by atoms with Crippen LogP contribution in [0.25, 0.3) is 33.8 Å². The SMILES string of the molecule is Cc1cc(-c2cn(C)c(-c3nc(C(N)=O)cc4c3cnn4C)n2)n(CC2COC2)n1. The number of primary amides is 1. The number of ether oxygens (including phenoxy) is 1. The van der Waals surface area contributed by atoms with Gasteiger partial charge in [-0.15, -0.1) is 0 Å². The van der Waals surface area contributed by atoms with Gasteiger partial charge in [0, 0.05) is 38.1 Å². The zero-order valence-corrected chi connectivity index (χ0v) is 17.0. The Bertz CT molecular complexity index is 1280. The molecule has 5 heterocycles. The highest BCUT2D eigenvalue weighted by atomic mass is 16.5. The van der Waals surface area contributed by atoms with E-state index in [1.807, 2.05) is 42.5 Å². The lowest BCUT2D eigenvalue weighted by Gasteiger charge is -2.26. The van der Waals surface area contributed by atoms with E-state index in [4.69, 9.17) is 15.5 Å². The quantitative estimate of drug-likeness (QED) is 0.533. The second-order valence-electron chi connectivity index (χ2n) is 7.74. The van der Waals surface area contributed by atoms with Crippen LogP contribution in [0.2, 0.25) is 0 Å². The van der Waals surface area contributed by atoms with E-state index in [1.54, 1.807) is 16.9 Å². The first-order valence-corrected chi connectivity index (χ1v) is 9.69. The molecule has 10 nitrogen and oxygen atoms in total. The average molecular weight is 406 g/mol. The zero-order valence-electron chi connectivity index (χ0n) is 17.0. The number of nitrogens with zero attached hydrogens (tertiary/aromatic N) is 7. The number of rotatable bonds is 5. The number of hydrogen-bond acceptors (Lipinski definition) is 6. The lowest BCUT2D eigenvalue weighted by molar-refractivity contribution is -0.0406. The number of aryl methyl sites for hydroxylation is 3. The molecule has 0 aromatic carbocycles. The van der Waals surface area contributed by atoms with Gasteiger partial charge in [-0.05, 0) is 19.1 Å². The summed E-state index contributed by atoms with van der Waals surface area (Å²) < 4.78 is 10.9. The molecule has 5 rings (SSSR count). The summed E-state index contributed by atoms with van der Waals surface area (Å²) in [5, 5.41) is 9.74. The number of imidazole rings is 1. The summed E-state index contributed by atoms with van der Waals surface area (Å²) in [4.78, 5) is 21.2. The molecule has 154 valence electrons. The minimum absolute atomic E-state index is 0.177. The van der Waals surface area contributed by atoms with Crippen molar-refractivity contribution in [3.8, 4) is 22.9 Å². The molecule has 4 aromatic rings. The molecule has 2 N–H and O–H groups in total. The lowest BCUT2D eigenvalue weighted by atomic mass is 10.1. The van der Waals surface area contributed by atoms with Gasteiger partial charge in [0.05, 0.1) is 36.3 Å². The fourth-order valence-electron chi connectivity index (χ4n) is 3.77. The summed E-state index contributed by atoms with van der Waals surface area (Å²) in [7, 11) is 3.71. The molecule has 0 radical (unpaired) electrons. The Morgan fingerprint density at radius 1 is 1.27 bits per heavy atom. The standard InChI is InChI=1S/C20H22N8O2/c1-11-4-17(28(25-11)7-12-9-30-10-12)15-8-26(2)20(24-15)18-13-6-22-27(3)16(13)5-14(23-18)19(21)29/h4-6,8,12H,7,9-10H2,1-3H3,(H2,21,29). The molecular weight excluding hydrogens is 384 g/mol. The maximum absolute atomic E-state index is 11.8. The molecule has 1 saturated heterocycles. The maximum atomic E-state index is 11.8. The molecule has 1 aliphatic heterocycles. The third-order valence-electron chi connectivity index (χ3n) is 5.39. The van der Waals surface area contributed by atoms with Crippen molar-refractivity contribution >= 4 is 16.8 Å². The number of pyridine rings is 1. The van der Waals surface area contributed by atoms with E-state index < -0.39 is 5.91 Å². The van der Waals surface area contributed by atoms with Crippen LogP contribution in [0, 0.1) is 12.8 Å². The van der Waals surface area contributed by atoms with Crippen molar-refractivity contribution in [3.63, 3.8) is 0 Å². The summed E-state index contributed by atoms with van der Waals surface area (Å²) in [6, 6.07) is 3.68. The Morgan fingerprint density at radius 3 is 2.77 bits per heavy atom. The van der Waals surface area contributed by atoms with Crippen LogP contribution in [0.3, 0.4) is 0 Å². The first kappa shape index (κ1) is 18.5. The van der Waals surface area contributed by atoms with E-state index in [-0.39, 0.29) is 5.69 Å². The first-order valence-electron chi connectivity index (χ1n) is 9.69. The van der Waals surface area contributed by atoms with Crippen LogP contribution in [-0.4, -0.2) is 53.2 Å². The highest BCUT2D eigenvalue weighted by Crippen LogP contribution is 2.30. The molecule has 0 aliphatic carbocycles. The monoisotopic (exact) mass is 406 g/mol. The molecular formula is C20H22N8O2. The predicted molar refractivity (Wildman–Crippen MR) is 109 cm³/mol. The minimum atomic E-state index is -0.592. The molecule has 1 fully saturated rings. The van der Waals surface area contributed by atoms with E-state index in [9.17, 15) is 4.79 Å². The molecule has 10 heteroatoms. The van der Waals surface area contributed by atoms with Gasteiger partial charge in [-0.1, -0.05) is 0 Å². The van der Waals surface area contributed by atoms with Crippen LogP contribution in [0.1, 0.15) is 16.2 Å². The Labute approximate surface area is 172 Å². The third-order valence-corrected chi connectivity index (χ3v) is 5.39.